The number of thiophene rings is 1. The van der Waals surface area contributed by atoms with E-state index in [9.17, 15) is 0 Å². The molecule has 1 atom stereocenters. The Kier molecular flexibility index (Phi) is 4.74. The van der Waals surface area contributed by atoms with E-state index < -0.39 is 0 Å². The van der Waals surface area contributed by atoms with E-state index in [1.165, 1.54) is 0 Å². The monoisotopic (exact) mass is 406 g/mol. The van der Waals surface area contributed by atoms with Gasteiger partial charge in [0.2, 0.25) is 0 Å². The second kappa shape index (κ2) is 7.00. The lowest BCUT2D eigenvalue weighted by Crippen LogP contribution is -2.18. The SMILES string of the molecule is Clc1ccc(N2C[C@@H](c3ccc(Cl)cc3Cl)C(c3cccs3)=N2)cc1. The molecule has 1 aliphatic heterocycles. The summed E-state index contributed by atoms with van der Waals surface area (Å²) in [6.07, 6.45) is 0. The Morgan fingerprint density at radius 2 is 1.72 bits per heavy atom. The van der Waals surface area contributed by atoms with E-state index in [-0.39, 0.29) is 5.92 Å². The number of nitrogens with zero attached hydrogens (tertiary/aromatic N) is 2. The fourth-order valence-corrected chi connectivity index (χ4v) is 4.38. The number of halogens is 3. The van der Waals surface area contributed by atoms with Crippen LogP contribution in [0, 0.1) is 0 Å². The summed E-state index contributed by atoms with van der Waals surface area (Å²) in [6.45, 7) is 0.718. The quantitative estimate of drug-likeness (QED) is 0.470. The number of rotatable bonds is 3. The molecule has 2 heterocycles. The first-order valence-electron chi connectivity index (χ1n) is 7.72. The normalized spacial score (nSPS) is 17.0. The second-order valence-corrected chi connectivity index (χ2v) is 7.97. The van der Waals surface area contributed by atoms with Gasteiger partial charge in [-0.15, -0.1) is 11.3 Å². The third-order valence-corrected chi connectivity index (χ3v) is 5.86. The summed E-state index contributed by atoms with van der Waals surface area (Å²) in [4.78, 5) is 1.15. The lowest BCUT2D eigenvalue weighted by molar-refractivity contribution is 0.851. The molecule has 0 saturated heterocycles. The second-order valence-electron chi connectivity index (χ2n) is 5.74. The van der Waals surface area contributed by atoms with Crippen molar-refractivity contribution in [3.63, 3.8) is 0 Å². The molecule has 6 heteroatoms. The number of anilines is 1. The van der Waals surface area contributed by atoms with Crippen LogP contribution < -0.4 is 5.01 Å². The summed E-state index contributed by atoms with van der Waals surface area (Å²) in [6, 6.07) is 17.5. The van der Waals surface area contributed by atoms with E-state index in [2.05, 4.69) is 11.4 Å². The Morgan fingerprint density at radius 3 is 2.40 bits per heavy atom. The minimum absolute atomic E-state index is 0.0825. The van der Waals surface area contributed by atoms with Crippen LogP contribution in [0.5, 0.6) is 0 Å². The Labute approximate surface area is 165 Å². The van der Waals surface area contributed by atoms with Gasteiger partial charge < -0.3 is 0 Å². The molecular weight excluding hydrogens is 395 g/mol. The Morgan fingerprint density at radius 1 is 0.960 bits per heavy atom. The van der Waals surface area contributed by atoms with Crippen molar-refractivity contribution in [1.82, 2.24) is 0 Å². The highest BCUT2D eigenvalue weighted by atomic mass is 35.5. The van der Waals surface area contributed by atoms with Crippen LogP contribution in [-0.4, -0.2) is 12.3 Å². The van der Waals surface area contributed by atoms with Crippen molar-refractivity contribution >= 4 is 57.5 Å². The Hall–Kier alpha value is -1.52. The van der Waals surface area contributed by atoms with Crippen molar-refractivity contribution in [1.29, 1.82) is 0 Å². The average Bonchev–Trinajstić information content (AvgIpc) is 3.24. The molecule has 0 aliphatic carbocycles. The lowest BCUT2D eigenvalue weighted by atomic mass is 9.93. The Bertz CT molecular complexity index is 920. The van der Waals surface area contributed by atoms with Crippen molar-refractivity contribution in [2.24, 2.45) is 5.10 Å². The molecule has 126 valence electrons. The molecule has 0 unspecified atom stereocenters. The maximum atomic E-state index is 6.48. The molecular formula is C19H13Cl3N2S. The van der Waals surface area contributed by atoms with Crippen molar-refractivity contribution in [3.8, 4) is 0 Å². The minimum atomic E-state index is 0.0825. The summed E-state index contributed by atoms with van der Waals surface area (Å²) in [7, 11) is 0. The number of hydrogen-bond donors (Lipinski definition) is 0. The number of hydrazone groups is 1. The largest absolute Gasteiger partial charge is 0.264 e. The first kappa shape index (κ1) is 16.9. The van der Waals surface area contributed by atoms with Gasteiger partial charge >= 0.3 is 0 Å². The van der Waals surface area contributed by atoms with Crippen LogP contribution in [0.4, 0.5) is 5.69 Å². The highest BCUT2D eigenvalue weighted by Gasteiger charge is 2.31. The molecule has 0 saturated carbocycles. The molecule has 2 nitrogen and oxygen atoms in total. The molecule has 0 spiro atoms. The standard InChI is InChI=1S/C19H13Cl3N2S/c20-12-3-6-14(7-4-12)24-11-16(15-8-5-13(21)10-17(15)22)19(23-24)18-2-1-9-25-18/h1-10,16H,11H2/t16-/m0/s1. The van der Waals surface area contributed by atoms with Gasteiger partial charge in [0.05, 0.1) is 28.7 Å². The molecule has 0 radical (unpaired) electrons. The highest BCUT2D eigenvalue weighted by Crippen LogP contribution is 2.37. The van der Waals surface area contributed by atoms with Gasteiger partial charge in [0.25, 0.3) is 0 Å². The molecule has 25 heavy (non-hydrogen) atoms. The van der Waals surface area contributed by atoms with Crippen LogP contribution >= 0.6 is 46.1 Å². The minimum Gasteiger partial charge on any atom is -0.264 e. The highest BCUT2D eigenvalue weighted by molar-refractivity contribution is 7.12. The predicted octanol–water partition coefficient (Wildman–Crippen LogP) is 6.72. The third-order valence-electron chi connectivity index (χ3n) is 4.15. The van der Waals surface area contributed by atoms with Crippen molar-refractivity contribution < 1.29 is 0 Å². The van der Waals surface area contributed by atoms with Gasteiger partial charge in [0.1, 0.15) is 0 Å². The fourth-order valence-electron chi connectivity index (χ4n) is 2.95. The van der Waals surface area contributed by atoms with Crippen molar-refractivity contribution in [2.45, 2.75) is 5.92 Å². The van der Waals surface area contributed by atoms with Crippen molar-refractivity contribution in [3.05, 3.63) is 85.5 Å². The van der Waals surface area contributed by atoms with Gasteiger partial charge in [-0.2, -0.15) is 5.10 Å². The van der Waals surface area contributed by atoms with Crippen LogP contribution in [0.2, 0.25) is 15.1 Å². The van der Waals surface area contributed by atoms with Gasteiger partial charge in [0.15, 0.2) is 0 Å². The zero-order valence-corrected chi connectivity index (χ0v) is 16.1. The van der Waals surface area contributed by atoms with E-state index in [4.69, 9.17) is 39.9 Å². The summed E-state index contributed by atoms with van der Waals surface area (Å²) >= 11 is 20.2. The van der Waals surface area contributed by atoms with Crippen molar-refractivity contribution in [2.75, 3.05) is 11.6 Å². The fraction of sp³-hybridized carbons (Fsp3) is 0.105. The van der Waals surface area contributed by atoms with E-state index in [1.54, 1.807) is 17.4 Å². The summed E-state index contributed by atoms with van der Waals surface area (Å²) < 4.78 is 0. The third kappa shape index (κ3) is 3.42. The van der Waals surface area contributed by atoms with Gasteiger partial charge in [-0.1, -0.05) is 46.9 Å². The van der Waals surface area contributed by atoms with E-state index in [1.807, 2.05) is 47.5 Å². The first-order chi connectivity index (χ1) is 12.1. The molecule has 2 aromatic carbocycles. The lowest BCUT2D eigenvalue weighted by Gasteiger charge is -2.17. The molecule has 1 aromatic heterocycles. The zero-order chi connectivity index (χ0) is 17.4. The van der Waals surface area contributed by atoms with Gasteiger partial charge in [-0.05, 0) is 53.4 Å². The molecule has 0 bridgehead atoms. The van der Waals surface area contributed by atoms with Gasteiger partial charge in [-0.25, -0.2) is 0 Å². The van der Waals surface area contributed by atoms with E-state index >= 15 is 0 Å². The molecule has 0 amide bonds. The number of hydrogen-bond acceptors (Lipinski definition) is 3. The zero-order valence-electron chi connectivity index (χ0n) is 13.0. The molecule has 0 fully saturated rings. The smallest absolute Gasteiger partial charge is 0.0875 e. The maximum absolute atomic E-state index is 6.48. The van der Waals surface area contributed by atoms with Gasteiger partial charge in [0, 0.05) is 15.1 Å². The topological polar surface area (TPSA) is 15.6 Å². The maximum Gasteiger partial charge on any atom is 0.0875 e. The van der Waals surface area contributed by atoms with E-state index in [0.29, 0.717) is 15.1 Å². The van der Waals surface area contributed by atoms with Crippen LogP contribution in [0.1, 0.15) is 16.4 Å². The van der Waals surface area contributed by atoms with Crippen LogP contribution in [-0.2, 0) is 0 Å². The Balaban J connectivity index is 1.76. The summed E-state index contributed by atoms with van der Waals surface area (Å²) in [5, 5.41) is 10.9. The average molecular weight is 408 g/mol. The number of benzene rings is 2. The van der Waals surface area contributed by atoms with Gasteiger partial charge in [-0.3, -0.25) is 5.01 Å². The summed E-state index contributed by atoms with van der Waals surface area (Å²) in [5.74, 6) is 0.0825. The molecule has 1 aliphatic rings. The molecule has 4 rings (SSSR count). The predicted molar refractivity (Wildman–Crippen MR) is 109 cm³/mol. The van der Waals surface area contributed by atoms with Crippen LogP contribution in [0.15, 0.2) is 65.1 Å². The summed E-state index contributed by atoms with van der Waals surface area (Å²) in [5.41, 5.74) is 3.06. The van der Waals surface area contributed by atoms with Crippen LogP contribution in [0.25, 0.3) is 0 Å². The molecule has 0 N–H and O–H groups in total. The molecule has 3 aromatic rings. The van der Waals surface area contributed by atoms with Crippen LogP contribution in [0.3, 0.4) is 0 Å². The van der Waals surface area contributed by atoms with E-state index in [0.717, 1.165) is 28.4 Å². The first-order valence-corrected chi connectivity index (χ1v) is 9.73.